The van der Waals surface area contributed by atoms with E-state index in [0.717, 1.165) is 16.6 Å². The van der Waals surface area contributed by atoms with Crippen molar-refractivity contribution in [2.45, 2.75) is 19.4 Å². The van der Waals surface area contributed by atoms with E-state index in [1.54, 1.807) is 18.3 Å². The molecule has 1 aromatic heterocycles. The molecule has 0 aliphatic rings. The van der Waals surface area contributed by atoms with Gasteiger partial charge in [0.1, 0.15) is 11.5 Å². The monoisotopic (exact) mass is 374 g/mol. The highest BCUT2D eigenvalue weighted by atomic mass is 79.9. The zero-order chi connectivity index (χ0) is 14.7. The van der Waals surface area contributed by atoms with Crippen LogP contribution in [-0.2, 0) is 0 Å². The molecule has 3 nitrogen and oxygen atoms in total. The van der Waals surface area contributed by atoms with E-state index in [4.69, 9.17) is 33.7 Å². The second-order valence-electron chi connectivity index (χ2n) is 4.23. The average Bonchev–Trinajstić information content (AvgIpc) is 2.44. The van der Waals surface area contributed by atoms with Crippen LogP contribution in [0.2, 0.25) is 10.0 Å². The van der Waals surface area contributed by atoms with Gasteiger partial charge in [-0.1, -0.05) is 30.1 Å². The molecule has 0 aliphatic heterocycles. The van der Waals surface area contributed by atoms with E-state index < -0.39 is 0 Å². The van der Waals surface area contributed by atoms with E-state index in [2.05, 4.69) is 20.9 Å². The molecule has 0 fully saturated rings. The van der Waals surface area contributed by atoms with E-state index >= 15 is 0 Å². The van der Waals surface area contributed by atoms with Crippen LogP contribution in [0.5, 0.6) is 11.5 Å². The largest absolute Gasteiger partial charge is 0.454 e. The Kier molecular flexibility index (Phi) is 5.27. The van der Waals surface area contributed by atoms with Gasteiger partial charge in [-0.15, -0.1) is 0 Å². The van der Waals surface area contributed by atoms with Crippen LogP contribution in [0.4, 0.5) is 0 Å². The summed E-state index contributed by atoms with van der Waals surface area (Å²) in [4.78, 5) is 4.28. The molecule has 2 aromatic rings. The molecule has 0 amide bonds. The highest BCUT2D eigenvalue weighted by Crippen LogP contribution is 2.36. The van der Waals surface area contributed by atoms with Crippen molar-refractivity contribution in [1.29, 1.82) is 0 Å². The molecular weight excluding hydrogens is 363 g/mol. The normalized spacial score (nSPS) is 12.2. The predicted molar refractivity (Wildman–Crippen MR) is 85.7 cm³/mol. The van der Waals surface area contributed by atoms with Gasteiger partial charge in [0, 0.05) is 16.6 Å². The highest BCUT2D eigenvalue weighted by Gasteiger charge is 2.09. The van der Waals surface area contributed by atoms with Gasteiger partial charge in [-0.25, -0.2) is 0 Å². The fourth-order valence-corrected chi connectivity index (χ4v) is 2.42. The maximum atomic E-state index is 6.10. The van der Waals surface area contributed by atoms with Gasteiger partial charge in [-0.05, 0) is 40.5 Å². The quantitative estimate of drug-likeness (QED) is 0.732. The molecule has 6 heteroatoms. The number of hydrogen-bond donors (Lipinski definition) is 1. The molecule has 106 valence electrons. The first-order valence-electron chi connectivity index (χ1n) is 6.05. The summed E-state index contributed by atoms with van der Waals surface area (Å²) in [6.45, 7) is 2.01. The zero-order valence-electron chi connectivity index (χ0n) is 10.7. The third-order valence-corrected chi connectivity index (χ3v) is 4.27. The fraction of sp³-hybridized carbons (Fsp3) is 0.214. The van der Waals surface area contributed by atoms with Gasteiger partial charge in [0.05, 0.1) is 21.9 Å². The summed E-state index contributed by atoms with van der Waals surface area (Å²) in [5.74, 6) is 1.06. The van der Waals surface area contributed by atoms with Gasteiger partial charge in [-0.3, -0.25) is 4.98 Å². The summed E-state index contributed by atoms with van der Waals surface area (Å²) >= 11 is 15.4. The van der Waals surface area contributed by atoms with E-state index in [-0.39, 0.29) is 6.04 Å². The Labute approximate surface area is 136 Å². The standard InChI is InChI=1S/C14H13BrCl2N2O/c1-2-12(18)13-4-3-8(7-19-13)20-14-6-10(16)9(15)5-11(14)17/h3-7,12H,2,18H2,1H3/t12-/m0/s1. The molecule has 2 N–H and O–H groups in total. The van der Waals surface area contributed by atoms with Crippen molar-refractivity contribution < 1.29 is 4.74 Å². The van der Waals surface area contributed by atoms with Crippen molar-refractivity contribution in [1.82, 2.24) is 4.98 Å². The van der Waals surface area contributed by atoms with Crippen molar-refractivity contribution >= 4 is 39.1 Å². The lowest BCUT2D eigenvalue weighted by atomic mass is 10.1. The molecular formula is C14H13BrCl2N2O. The first-order chi connectivity index (χ1) is 9.51. The Bertz CT molecular complexity index is 605. The molecule has 0 bridgehead atoms. The van der Waals surface area contributed by atoms with Crippen molar-refractivity contribution in [3.8, 4) is 11.5 Å². The minimum Gasteiger partial charge on any atom is -0.454 e. The number of aromatic nitrogens is 1. The maximum Gasteiger partial charge on any atom is 0.147 e. The SMILES string of the molecule is CC[C@H](N)c1ccc(Oc2cc(Cl)c(Br)cc2Cl)cn1. The van der Waals surface area contributed by atoms with E-state index in [1.807, 2.05) is 19.1 Å². The Hall–Kier alpha value is -0.810. The molecule has 1 aromatic carbocycles. The van der Waals surface area contributed by atoms with Crippen LogP contribution in [0.3, 0.4) is 0 Å². The number of nitrogens with two attached hydrogens (primary N) is 1. The summed E-state index contributed by atoms with van der Waals surface area (Å²) in [7, 11) is 0. The van der Waals surface area contributed by atoms with Crippen LogP contribution in [0, 0.1) is 0 Å². The van der Waals surface area contributed by atoms with Crippen molar-refractivity contribution in [3.63, 3.8) is 0 Å². The summed E-state index contributed by atoms with van der Waals surface area (Å²) in [5, 5.41) is 0.998. The Balaban J connectivity index is 2.20. The number of rotatable bonds is 4. The van der Waals surface area contributed by atoms with Crippen LogP contribution in [0.1, 0.15) is 25.1 Å². The molecule has 0 saturated heterocycles. The lowest BCUT2D eigenvalue weighted by molar-refractivity contribution is 0.479. The minimum atomic E-state index is -0.0604. The second-order valence-corrected chi connectivity index (χ2v) is 5.90. The minimum absolute atomic E-state index is 0.0604. The summed E-state index contributed by atoms with van der Waals surface area (Å²) in [6, 6.07) is 6.94. The predicted octanol–water partition coefficient (Wildman–Crippen LogP) is 5.35. The second kappa shape index (κ2) is 6.76. The van der Waals surface area contributed by atoms with Crippen molar-refractivity contribution in [3.05, 3.63) is 50.7 Å². The van der Waals surface area contributed by atoms with Crippen molar-refractivity contribution in [2.75, 3.05) is 0 Å². The van der Waals surface area contributed by atoms with Crippen molar-refractivity contribution in [2.24, 2.45) is 5.73 Å². The topological polar surface area (TPSA) is 48.1 Å². The van der Waals surface area contributed by atoms with Crippen LogP contribution in [0.25, 0.3) is 0 Å². The van der Waals surface area contributed by atoms with Crippen LogP contribution in [-0.4, -0.2) is 4.98 Å². The summed E-state index contributed by atoms with van der Waals surface area (Å²) in [5.41, 5.74) is 6.74. The zero-order valence-corrected chi connectivity index (χ0v) is 13.8. The summed E-state index contributed by atoms with van der Waals surface area (Å²) < 4.78 is 6.39. The fourth-order valence-electron chi connectivity index (χ4n) is 1.59. The van der Waals surface area contributed by atoms with Gasteiger partial charge < -0.3 is 10.5 Å². The molecule has 0 saturated carbocycles. The van der Waals surface area contributed by atoms with Crippen LogP contribution < -0.4 is 10.5 Å². The van der Waals surface area contributed by atoms with Gasteiger partial charge in [0.2, 0.25) is 0 Å². The van der Waals surface area contributed by atoms with Crippen LogP contribution >= 0.6 is 39.1 Å². The molecule has 0 unspecified atom stereocenters. The van der Waals surface area contributed by atoms with Gasteiger partial charge in [0.15, 0.2) is 0 Å². The smallest absolute Gasteiger partial charge is 0.147 e. The Morgan fingerprint density at radius 3 is 2.65 bits per heavy atom. The molecule has 1 atom stereocenters. The molecule has 2 rings (SSSR count). The molecule has 1 heterocycles. The first kappa shape index (κ1) is 15.6. The third-order valence-electron chi connectivity index (χ3n) is 2.78. The number of ether oxygens (including phenoxy) is 1. The number of pyridine rings is 1. The Morgan fingerprint density at radius 1 is 1.30 bits per heavy atom. The number of hydrogen-bond acceptors (Lipinski definition) is 3. The van der Waals surface area contributed by atoms with E-state index in [9.17, 15) is 0 Å². The average molecular weight is 376 g/mol. The van der Waals surface area contributed by atoms with Gasteiger partial charge in [0.25, 0.3) is 0 Å². The highest BCUT2D eigenvalue weighted by molar-refractivity contribution is 9.10. The lowest BCUT2D eigenvalue weighted by Crippen LogP contribution is -2.10. The molecule has 0 radical (unpaired) electrons. The van der Waals surface area contributed by atoms with Gasteiger partial charge >= 0.3 is 0 Å². The Morgan fingerprint density at radius 2 is 2.05 bits per heavy atom. The van der Waals surface area contributed by atoms with E-state index in [0.29, 0.717) is 21.5 Å². The van der Waals surface area contributed by atoms with Crippen LogP contribution in [0.15, 0.2) is 34.9 Å². The third kappa shape index (κ3) is 3.64. The maximum absolute atomic E-state index is 6.10. The summed E-state index contributed by atoms with van der Waals surface area (Å²) in [6.07, 6.45) is 2.46. The molecule has 0 aliphatic carbocycles. The number of halogens is 3. The number of nitrogens with zero attached hydrogens (tertiary/aromatic N) is 1. The van der Waals surface area contributed by atoms with E-state index in [1.165, 1.54) is 0 Å². The first-order valence-corrected chi connectivity index (χ1v) is 7.60. The molecule has 0 spiro atoms. The van der Waals surface area contributed by atoms with Gasteiger partial charge in [-0.2, -0.15) is 0 Å². The lowest BCUT2D eigenvalue weighted by Gasteiger charge is -2.11. The number of benzene rings is 1. The molecule has 20 heavy (non-hydrogen) atoms.